The summed E-state index contributed by atoms with van der Waals surface area (Å²) in [6, 6.07) is 15.6. The zero-order valence-corrected chi connectivity index (χ0v) is 16.5. The smallest absolute Gasteiger partial charge is 0.337 e. The van der Waals surface area contributed by atoms with Crippen LogP contribution in [0.1, 0.15) is 23.0 Å². The van der Waals surface area contributed by atoms with E-state index in [1.165, 1.54) is 6.07 Å². The van der Waals surface area contributed by atoms with Crippen molar-refractivity contribution >= 4 is 29.2 Å². The van der Waals surface area contributed by atoms with Crippen molar-refractivity contribution in [2.45, 2.75) is 13.5 Å². The zero-order chi connectivity index (χ0) is 20.1. The molecule has 2 aromatic carbocycles. The van der Waals surface area contributed by atoms with E-state index in [0.29, 0.717) is 28.8 Å². The number of carbonyl (C=O) groups is 1. The molecule has 0 spiro atoms. The lowest BCUT2D eigenvalue weighted by atomic mass is 10.1. The van der Waals surface area contributed by atoms with Gasteiger partial charge in [-0.1, -0.05) is 41.4 Å². The minimum atomic E-state index is -1.09. The van der Waals surface area contributed by atoms with Gasteiger partial charge in [0.2, 0.25) is 0 Å². The molecule has 0 fully saturated rings. The van der Waals surface area contributed by atoms with Gasteiger partial charge in [0.05, 0.1) is 28.6 Å². The number of para-hydroxylation sites is 1. The van der Waals surface area contributed by atoms with Gasteiger partial charge in [-0.3, -0.25) is 0 Å². The maximum atomic E-state index is 11.6. The Balaban J connectivity index is 1.97. The molecule has 1 heterocycles. The maximum Gasteiger partial charge on any atom is 0.337 e. The number of halogens is 2. The third-order valence-corrected chi connectivity index (χ3v) is 4.75. The van der Waals surface area contributed by atoms with Crippen molar-refractivity contribution in [1.82, 2.24) is 4.98 Å². The SMILES string of the molecule is CCOc1ccccc1-c1ccc(C(=O)O)c(COc2cccc(Cl)c2Cl)n1. The van der Waals surface area contributed by atoms with Crippen molar-refractivity contribution in [3.05, 3.63) is 75.9 Å². The Bertz CT molecular complexity index is 1010. The van der Waals surface area contributed by atoms with Gasteiger partial charge in [0.25, 0.3) is 0 Å². The van der Waals surface area contributed by atoms with Gasteiger partial charge >= 0.3 is 5.97 Å². The van der Waals surface area contributed by atoms with Gasteiger partial charge < -0.3 is 14.6 Å². The summed E-state index contributed by atoms with van der Waals surface area (Å²) in [7, 11) is 0. The lowest BCUT2D eigenvalue weighted by Gasteiger charge is -2.13. The average Bonchev–Trinajstić information content (AvgIpc) is 2.69. The van der Waals surface area contributed by atoms with Crippen LogP contribution in [0.25, 0.3) is 11.3 Å². The number of ether oxygens (including phenoxy) is 2. The summed E-state index contributed by atoms with van der Waals surface area (Å²) in [4.78, 5) is 16.1. The van der Waals surface area contributed by atoms with Crippen LogP contribution in [0.4, 0.5) is 0 Å². The molecule has 0 bridgehead atoms. The molecule has 1 aromatic heterocycles. The van der Waals surface area contributed by atoms with Gasteiger partial charge in [-0.2, -0.15) is 0 Å². The molecule has 3 rings (SSSR count). The van der Waals surface area contributed by atoms with Crippen molar-refractivity contribution < 1.29 is 19.4 Å². The second-order valence-electron chi connectivity index (χ2n) is 5.77. The molecule has 144 valence electrons. The van der Waals surface area contributed by atoms with Gasteiger partial charge in [0.15, 0.2) is 0 Å². The number of carboxylic acids is 1. The Labute approximate surface area is 172 Å². The van der Waals surface area contributed by atoms with E-state index in [4.69, 9.17) is 32.7 Å². The lowest BCUT2D eigenvalue weighted by molar-refractivity contribution is 0.0693. The molecule has 0 unspecified atom stereocenters. The number of rotatable bonds is 7. The summed E-state index contributed by atoms with van der Waals surface area (Å²) in [5.41, 5.74) is 1.68. The highest BCUT2D eigenvalue weighted by Gasteiger charge is 2.16. The summed E-state index contributed by atoms with van der Waals surface area (Å²) in [6.45, 7) is 2.32. The summed E-state index contributed by atoms with van der Waals surface area (Å²) < 4.78 is 11.3. The first-order chi connectivity index (χ1) is 13.5. The third-order valence-electron chi connectivity index (χ3n) is 3.95. The molecular formula is C21H17Cl2NO4. The summed E-state index contributed by atoms with van der Waals surface area (Å²) >= 11 is 12.1. The monoisotopic (exact) mass is 417 g/mol. The molecular weight excluding hydrogens is 401 g/mol. The van der Waals surface area contributed by atoms with Crippen LogP contribution in [0, 0.1) is 0 Å². The highest BCUT2D eigenvalue weighted by Crippen LogP contribution is 2.33. The molecule has 0 amide bonds. The van der Waals surface area contributed by atoms with Crippen LogP contribution < -0.4 is 9.47 Å². The Morgan fingerprint density at radius 1 is 1.00 bits per heavy atom. The van der Waals surface area contributed by atoms with Crippen LogP contribution in [0.3, 0.4) is 0 Å². The van der Waals surface area contributed by atoms with Crippen molar-refractivity contribution in [1.29, 1.82) is 0 Å². The van der Waals surface area contributed by atoms with Crippen LogP contribution in [0.5, 0.6) is 11.5 Å². The van der Waals surface area contributed by atoms with Crippen LogP contribution in [0.15, 0.2) is 54.6 Å². The number of benzene rings is 2. The second-order valence-corrected chi connectivity index (χ2v) is 6.55. The van der Waals surface area contributed by atoms with E-state index in [1.807, 2.05) is 31.2 Å². The minimum Gasteiger partial charge on any atom is -0.493 e. The fourth-order valence-corrected chi connectivity index (χ4v) is 3.00. The van der Waals surface area contributed by atoms with Gasteiger partial charge in [-0.05, 0) is 43.3 Å². The largest absolute Gasteiger partial charge is 0.493 e. The van der Waals surface area contributed by atoms with Gasteiger partial charge in [-0.15, -0.1) is 0 Å². The van der Waals surface area contributed by atoms with Gasteiger partial charge in [0, 0.05) is 5.56 Å². The van der Waals surface area contributed by atoms with E-state index >= 15 is 0 Å². The molecule has 28 heavy (non-hydrogen) atoms. The van der Waals surface area contributed by atoms with E-state index in [0.717, 1.165) is 5.56 Å². The second kappa shape index (κ2) is 8.95. The van der Waals surface area contributed by atoms with E-state index in [2.05, 4.69) is 4.98 Å². The quantitative estimate of drug-likeness (QED) is 0.531. The van der Waals surface area contributed by atoms with Crippen LogP contribution in [-0.2, 0) is 6.61 Å². The third kappa shape index (κ3) is 4.38. The average molecular weight is 418 g/mol. The highest BCUT2D eigenvalue weighted by molar-refractivity contribution is 6.42. The van der Waals surface area contributed by atoms with Gasteiger partial charge in [0.1, 0.15) is 23.1 Å². The molecule has 0 saturated heterocycles. The van der Waals surface area contributed by atoms with E-state index < -0.39 is 5.97 Å². The fraction of sp³-hybridized carbons (Fsp3) is 0.143. The molecule has 5 nitrogen and oxygen atoms in total. The lowest BCUT2D eigenvalue weighted by Crippen LogP contribution is -2.09. The normalized spacial score (nSPS) is 10.5. The van der Waals surface area contributed by atoms with Crippen molar-refractivity contribution in [2.24, 2.45) is 0 Å². The molecule has 0 radical (unpaired) electrons. The number of aromatic nitrogens is 1. The van der Waals surface area contributed by atoms with Crippen LogP contribution in [0.2, 0.25) is 10.0 Å². The Kier molecular flexibility index (Phi) is 6.39. The number of hydrogen-bond acceptors (Lipinski definition) is 4. The topological polar surface area (TPSA) is 68.7 Å². The molecule has 7 heteroatoms. The number of pyridine rings is 1. The first-order valence-corrected chi connectivity index (χ1v) is 9.29. The van der Waals surface area contributed by atoms with E-state index in [1.54, 1.807) is 24.3 Å². The van der Waals surface area contributed by atoms with Crippen LogP contribution in [-0.4, -0.2) is 22.7 Å². The molecule has 0 aliphatic carbocycles. The van der Waals surface area contributed by atoms with E-state index in [9.17, 15) is 9.90 Å². The van der Waals surface area contributed by atoms with Crippen molar-refractivity contribution in [3.8, 4) is 22.8 Å². The number of nitrogens with zero attached hydrogens (tertiary/aromatic N) is 1. The molecule has 0 aliphatic heterocycles. The zero-order valence-electron chi connectivity index (χ0n) is 15.0. The molecule has 3 aromatic rings. The summed E-state index contributed by atoms with van der Waals surface area (Å²) in [5, 5.41) is 10.1. The first-order valence-electron chi connectivity index (χ1n) is 8.53. The Morgan fingerprint density at radius 3 is 2.50 bits per heavy atom. The summed E-state index contributed by atoms with van der Waals surface area (Å²) in [6.07, 6.45) is 0. The molecule has 0 saturated carbocycles. The fourth-order valence-electron chi connectivity index (χ4n) is 2.66. The van der Waals surface area contributed by atoms with Crippen molar-refractivity contribution in [3.63, 3.8) is 0 Å². The number of carboxylic acid groups (broad SMARTS) is 1. The maximum absolute atomic E-state index is 11.6. The Morgan fingerprint density at radius 2 is 1.75 bits per heavy atom. The van der Waals surface area contributed by atoms with Gasteiger partial charge in [-0.25, -0.2) is 9.78 Å². The minimum absolute atomic E-state index is 0.0517. The predicted octanol–water partition coefficient (Wildman–Crippen LogP) is 5.73. The summed E-state index contributed by atoms with van der Waals surface area (Å²) in [5.74, 6) is -0.0642. The highest BCUT2D eigenvalue weighted by atomic mass is 35.5. The molecule has 0 atom stereocenters. The van der Waals surface area contributed by atoms with Crippen LogP contribution >= 0.6 is 23.2 Å². The first kappa shape index (κ1) is 20.0. The molecule has 0 aliphatic rings. The van der Waals surface area contributed by atoms with Crippen molar-refractivity contribution in [2.75, 3.05) is 6.61 Å². The van der Waals surface area contributed by atoms with E-state index in [-0.39, 0.29) is 22.9 Å². The number of aromatic carboxylic acids is 1. The predicted molar refractivity (Wildman–Crippen MR) is 109 cm³/mol. The molecule has 1 N–H and O–H groups in total. The Hall–Kier alpha value is -2.76. The standard InChI is InChI=1S/C21H17Cl2NO4/c1-2-27-18-8-4-3-6-13(18)16-11-10-14(21(25)26)17(24-16)12-28-19-9-5-7-15(22)20(19)23/h3-11H,2,12H2,1H3,(H,25,26). The number of hydrogen-bond donors (Lipinski definition) is 1.